The van der Waals surface area contributed by atoms with Gasteiger partial charge < -0.3 is 19.7 Å². The topological polar surface area (TPSA) is 84.9 Å². The summed E-state index contributed by atoms with van der Waals surface area (Å²) < 4.78 is 10.8. The summed E-state index contributed by atoms with van der Waals surface area (Å²) in [5.41, 5.74) is 4.06. The SMILES string of the molecule is C.COC(=O)CCC(=O)N1CC(C(C)c2ccc(OC)c(Br)c2)=C(NC(C)=O)c2ccccc21. The van der Waals surface area contributed by atoms with E-state index in [1.807, 2.05) is 49.4 Å². The first-order valence-corrected chi connectivity index (χ1v) is 11.4. The summed E-state index contributed by atoms with van der Waals surface area (Å²) in [6.07, 6.45) is 0.0405. The third-order valence-corrected chi connectivity index (χ3v) is 6.30. The standard InChI is InChI=1S/C25H27BrN2O5.CH4/c1-15(17-9-10-22(32-3)20(26)13-17)19-14-28(23(30)11-12-24(31)33-4)21-8-6-5-7-18(21)25(19)27-16(2)29;/h5-10,13,15H,11-12,14H2,1-4H3,(H,27,29);1H4. The number of esters is 1. The van der Waals surface area contributed by atoms with Crippen LogP contribution in [0, 0.1) is 0 Å². The van der Waals surface area contributed by atoms with Gasteiger partial charge in [-0.15, -0.1) is 0 Å². The van der Waals surface area contributed by atoms with E-state index in [0.29, 0.717) is 11.4 Å². The Labute approximate surface area is 209 Å². The maximum atomic E-state index is 13.1. The molecule has 1 aliphatic rings. The molecule has 34 heavy (non-hydrogen) atoms. The van der Waals surface area contributed by atoms with E-state index < -0.39 is 5.97 Å². The number of carbonyl (C=O) groups is 3. The van der Waals surface area contributed by atoms with E-state index in [4.69, 9.17) is 4.74 Å². The van der Waals surface area contributed by atoms with Gasteiger partial charge in [0, 0.05) is 31.4 Å². The van der Waals surface area contributed by atoms with E-state index in [9.17, 15) is 14.4 Å². The molecule has 7 nitrogen and oxygen atoms in total. The third-order valence-electron chi connectivity index (χ3n) is 5.69. The number of halogens is 1. The molecule has 0 spiro atoms. The van der Waals surface area contributed by atoms with Crippen LogP contribution in [0.5, 0.6) is 5.75 Å². The van der Waals surface area contributed by atoms with E-state index in [0.717, 1.165) is 26.9 Å². The summed E-state index contributed by atoms with van der Waals surface area (Å²) in [5, 5.41) is 2.99. The molecule has 0 radical (unpaired) electrons. The van der Waals surface area contributed by atoms with Crippen LogP contribution in [0.3, 0.4) is 0 Å². The molecule has 182 valence electrons. The number of carbonyl (C=O) groups excluding carboxylic acids is 3. The molecule has 1 unspecified atom stereocenters. The van der Waals surface area contributed by atoms with Crippen LogP contribution in [0.15, 0.2) is 52.5 Å². The highest BCUT2D eigenvalue weighted by atomic mass is 79.9. The van der Waals surface area contributed by atoms with Crippen molar-refractivity contribution in [2.75, 3.05) is 25.7 Å². The second kappa shape index (κ2) is 11.8. The fourth-order valence-corrected chi connectivity index (χ4v) is 4.49. The van der Waals surface area contributed by atoms with Crippen molar-refractivity contribution in [3.05, 3.63) is 63.6 Å². The number of benzene rings is 2. The molecule has 1 aliphatic heterocycles. The van der Waals surface area contributed by atoms with Gasteiger partial charge in [0.15, 0.2) is 0 Å². The van der Waals surface area contributed by atoms with Gasteiger partial charge in [-0.25, -0.2) is 0 Å². The minimum atomic E-state index is -0.431. The molecule has 1 heterocycles. The summed E-state index contributed by atoms with van der Waals surface area (Å²) in [5.74, 6) is -0.199. The van der Waals surface area contributed by atoms with E-state index >= 15 is 0 Å². The van der Waals surface area contributed by atoms with Crippen molar-refractivity contribution in [3.63, 3.8) is 0 Å². The molecule has 0 bridgehead atoms. The van der Waals surface area contributed by atoms with E-state index in [1.165, 1.54) is 14.0 Å². The van der Waals surface area contributed by atoms with Gasteiger partial charge in [0.25, 0.3) is 0 Å². The molecule has 2 aromatic rings. The monoisotopic (exact) mass is 530 g/mol. The molecule has 0 aromatic heterocycles. The molecule has 2 aromatic carbocycles. The number of methoxy groups -OCH3 is 2. The Morgan fingerprint density at radius 3 is 2.44 bits per heavy atom. The number of anilines is 1. The average Bonchev–Trinajstić information content (AvgIpc) is 2.81. The van der Waals surface area contributed by atoms with Crippen molar-refractivity contribution in [1.29, 1.82) is 0 Å². The van der Waals surface area contributed by atoms with Crippen LogP contribution in [-0.4, -0.2) is 38.5 Å². The van der Waals surface area contributed by atoms with Gasteiger partial charge in [0.1, 0.15) is 5.75 Å². The first-order chi connectivity index (χ1) is 15.8. The largest absolute Gasteiger partial charge is 0.496 e. The van der Waals surface area contributed by atoms with Crippen LogP contribution in [0.1, 0.15) is 51.2 Å². The van der Waals surface area contributed by atoms with Gasteiger partial charge in [0.05, 0.1) is 36.5 Å². The number of nitrogens with zero attached hydrogens (tertiary/aromatic N) is 1. The summed E-state index contributed by atoms with van der Waals surface area (Å²) in [6, 6.07) is 13.3. The Kier molecular flexibility index (Phi) is 9.44. The zero-order valence-corrected chi connectivity index (χ0v) is 20.7. The number of hydrogen-bond acceptors (Lipinski definition) is 5. The van der Waals surface area contributed by atoms with Gasteiger partial charge in [0.2, 0.25) is 11.8 Å². The maximum Gasteiger partial charge on any atom is 0.306 e. The molecule has 2 amide bonds. The van der Waals surface area contributed by atoms with Crippen LogP contribution in [-0.2, 0) is 19.1 Å². The number of nitrogens with one attached hydrogen (secondary N) is 1. The lowest BCUT2D eigenvalue weighted by atomic mass is 9.86. The van der Waals surface area contributed by atoms with Crippen molar-refractivity contribution >= 4 is 45.1 Å². The second-order valence-corrected chi connectivity index (χ2v) is 8.62. The smallest absolute Gasteiger partial charge is 0.306 e. The van der Waals surface area contributed by atoms with Gasteiger partial charge in [-0.3, -0.25) is 14.4 Å². The maximum absolute atomic E-state index is 13.1. The van der Waals surface area contributed by atoms with Crippen LogP contribution < -0.4 is 15.0 Å². The molecule has 1 N–H and O–H groups in total. The zero-order chi connectivity index (χ0) is 24.1. The van der Waals surface area contributed by atoms with Crippen molar-refractivity contribution in [2.45, 2.75) is 40.0 Å². The van der Waals surface area contributed by atoms with Crippen molar-refractivity contribution in [1.82, 2.24) is 5.32 Å². The lowest BCUT2D eigenvalue weighted by Crippen LogP contribution is -2.39. The van der Waals surface area contributed by atoms with E-state index in [-0.39, 0.29) is 44.5 Å². The number of hydrogen-bond donors (Lipinski definition) is 1. The summed E-state index contributed by atoms with van der Waals surface area (Å²) >= 11 is 3.54. The van der Waals surface area contributed by atoms with Gasteiger partial charge in [-0.1, -0.05) is 38.6 Å². The Balaban J connectivity index is 0.00000408. The van der Waals surface area contributed by atoms with E-state index in [1.54, 1.807) is 12.0 Å². The Morgan fingerprint density at radius 1 is 1.12 bits per heavy atom. The molecule has 0 fully saturated rings. The fourth-order valence-electron chi connectivity index (χ4n) is 3.93. The number of ether oxygens (including phenoxy) is 2. The highest BCUT2D eigenvalue weighted by molar-refractivity contribution is 9.10. The lowest BCUT2D eigenvalue weighted by molar-refractivity contribution is -0.141. The molecule has 3 rings (SSSR count). The quantitative estimate of drug-likeness (QED) is 0.506. The normalized spacial score (nSPS) is 13.4. The van der Waals surface area contributed by atoms with Crippen molar-refractivity contribution in [2.24, 2.45) is 0 Å². The summed E-state index contributed by atoms with van der Waals surface area (Å²) in [6.45, 7) is 3.80. The highest BCUT2D eigenvalue weighted by Crippen LogP contribution is 2.40. The first-order valence-electron chi connectivity index (χ1n) is 10.6. The van der Waals surface area contributed by atoms with Crippen LogP contribution in [0.4, 0.5) is 5.69 Å². The van der Waals surface area contributed by atoms with Crippen molar-refractivity contribution in [3.8, 4) is 5.75 Å². The molecule has 8 heteroatoms. The Hall–Kier alpha value is -3.13. The highest BCUT2D eigenvalue weighted by Gasteiger charge is 2.31. The number of para-hydroxylation sites is 1. The molecular formula is C26H31BrN2O5. The zero-order valence-electron chi connectivity index (χ0n) is 19.1. The molecule has 1 atom stereocenters. The predicted octanol–water partition coefficient (Wildman–Crippen LogP) is 5.04. The third kappa shape index (κ3) is 5.86. The lowest BCUT2D eigenvalue weighted by Gasteiger charge is -2.35. The molecule has 0 saturated heterocycles. The number of amides is 2. The number of rotatable bonds is 7. The molecule has 0 aliphatic carbocycles. The van der Waals surface area contributed by atoms with Crippen molar-refractivity contribution < 1.29 is 23.9 Å². The number of fused-ring (bicyclic) bond motifs is 1. The van der Waals surface area contributed by atoms with Gasteiger partial charge in [-0.05, 0) is 45.3 Å². The van der Waals surface area contributed by atoms with Crippen LogP contribution in [0.2, 0.25) is 0 Å². The van der Waals surface area contributed by atoms with Gasteiger partial charge >= 0.3 is 5.97 Å². The minimum Gasteiger partial charge on any atom is -0.496 e. The average molecular weight is 531 g/mol. The van der Waals surface area contributed by atoms with Crippen LogP contribution in [0.25, 0.3) is 5.70 Å². The summed E-state index contributed by atoms with van der Waals surface area (Å²) in [4.78, 5) is 38.5. The second-order valence-electron chi connectivity index (χ2n) is 7.77. The van der Waals surface area contributed by atoms with Crippen LogP contribution >= 0.6 is 15.9 Å². The fraction of sp³-hybridized carbons (Fsp3) is 0.346. The summed E-state index contributed by atoms with van der Waals surface area (Å²) in [7, 11) is 2.91. The first kappa shape index (κ1) is 27.1. The molecule has 0 saturated carbocycles. The van der Waals surface area contributed by atoms with E-state index in [2.05, 4.69) is 26.0 Å². The Bertz CT molecular complexity index is 1110. The minimum absolute atomic E-state index is 0. The van der Waals surface area contributed by atoms with Gasteiger partial charge in [-0.2, -0.15) is 0 Å². The molecular weight excluding hydrogens is 500 g/mol. The predicted molar refractivity (Wildman–Crippen MR) is 137 cm³/mol. The Morgan fingerprint density at radius 2 is 1.82 bits per heavy atom.